The average molecular weight is 439 g/mol. The van der Waals surface area contributed by atoms with E-state index in [2.05, 4.69) is 5.43 Å². The van der Waals surface area contributed by atoms with Crippen molar-refractivity contribution in [2.45, 2.75) is 0 Å². The van der Waals surface area contributed by atoms with E-state index >= 15 is 0 Å². The molecule has 0 atom stereocenters. The quantitative estimate of drug-likeness (QED) is 0.560. The molecule has 2 aromatic rings. The zero-order valence-corrected chi connectivity index (χ0v) is 17.0. The third-order valence-corrected chi connectivity index (χ3v) is 5.45. The van der Waals surface area contributed by atoms with Gasteiger partial charge in [-0.15, -0.1) is 0 Å². The van der Waals surface area contributed by atoms with Gasteiger partial charge in [0, 0.05) is 5.02 Å². The van der Waals surface area contributed by atoms with Crippen molar-refractivity contribution in [3.63, 3.8) is 0 Å². The molecule has 5 nitrogen and oxygen atoms in total. The lowest BCUT2D eigenvalue weighted by atomic mass is 10.2. The molecule has 1 N–H and O–H groups in total. The fourth-order valence-corrected chi connectivity index (χ4v) is 3.92. The van der Waals surface area contributed by atoms with E-state index in [0.717, 1.165) is 22.3 Å². The van der Waals surface area contributed by atoms with Crippen LogP contribution in [-0.4, -0.2) is 28.3 Å². The smallest absolute Gasteiger partial charge is 0.285 e. The number of hydrazine groups is 1. The van der Waals surface area contributed by atoms with Crippen LogP contribution in [0.25, 0.3) is 6.08 Å². The lowest BCUT2D eigenvalue weighted by molar-refractivity contribution is -0.123. The molecule has 1 saturated heterocycles. The maximum Gasteiger partial charge on any atom is 0.285 e. The normalized spacial score (nSPS) is 15.4. The lowest BCUT2D eigenvalue weighted by Crippen LogP contribution is -2.44. The van der Waals surface area contributed by atoms with E-state index in [-0.39, 0.29) is 14.9 Å². The van der Waals surface area contributed by atoms with Crippen LogP contribution in [0.1, 0.15) is 15.9 Å². The first-order valence-corrected chi connectivity index (χ1v) is 9.55. The van der Waals surface area contributed by atoms with Crippen LogP contribution in [0, 0.1) is 0 Å². The van der Waals surface area contributed by atoms with Crippen molar-refractivity contribution in [3.05, 3.63) is 68.5 Å². The van der Waals surface area contributed by atoms with Crippen LogP contribution in [0.2, 0.25) is 10.0 Å². The van der Waals surface area contributed by atoms with Gasteiger partial charge in [-0.2, -0.15) is 5.01 Å². The number of nitrogens with one attached hydrogen (secondary N) is 1. The molecule has 9 heteroatoms. The van der Waals surface area contributed by atoms with E-state index in [1.54, 1.807) is 25.3 Å². The summed E-state index contributed by atoms with van der Waals surface area (Å²) in [5, 5.41) is 1.62. The molecule has 138 valence electrons. The van der Waals surface area contributed by atoms with E-state index in [1.165, 1.54) is 18.2 Å². The van der Waals surface area contributed by atoms with Crippen LogP contribution in [0.4, 0.5) is 0 Å². The number of hydrogen-bond acceptors (Lipinski definition) is 5. The second kappa shape index (κ2) is 8.31. The number of thioether (sulfide) groups is 1. The van der Waals surface area contributed by atoms with Gasteiger partial charge in [-0.3, -0.25) is 15.0 Å². The Labute approximate surface area is 175 Å². The van der Waals surface area contributed by atoms with Gasteiger partial charge in [-0.25, -0.2) is 0 Å². The molecule has 2 amide bonds. The first-order valence-electron chi connectivity index (χ1n) is 7.57. The number of amides is 2. The predicted molar refractivity (Wildman–Crippen MR) is 112 cm³/mol. The number of rotatable bonds is 4. The number of benzene rings is 2. The summed E-state index contributed by atoms with van der Waals surface area (Å²) < 4.78 is 5.33. The van der Waals surface area contributed by atoms with Crippen LogP contribution >= 0.6 is 47.2 Å². The number of carbonyl (C=O) groups excluding carboxylic acids is 2. The van der Waals surface area contributed by atoms with Gasteiger partial charge >= 0.3 is 0 Å². The number of nitrogens with zero attached hydrogens (tertiary/aromatic N) is 1. The molecular weight excluding hydrogens is 427 g/mol. The topological polar surface area (TPSA) is 58.6 Å². The monoisotopic (exact) mass is 438 g/mol. The lowest BCUT2D eigenvalue weighted by Gasteiger charge is -2.16. The summed E-state index contributed by atoms with van der Waals surface area (Å²) in [6, 6.07) is 11.7. The number of ether oxygens (including phenoxy) is 1. The largest absolute Gasteiger partial charge is 0.497 e. The summed E-state index contributed by atoms with van der Waals surface area (Å²) >= 11 is 18.2. The van der Waals surface area contributed by atoms with Crippen LogP contribution in [0.3, 0.4) is 0 Å². The Bertz CT molecular complexity index is 962. The fraction of sp³-hybridized carbons (Fsp3) is 0.0556. The second-order valence-electron chi connectivity index (χ2n) is 5.36. The van der Waals surface area contributed by atoms with Crippen LogP contribution in [0.5, 0.6) is 5.75 Å². The van der Waals surface area contributed by atoms with Crippen molar-refractivity contribution in [3.8, 4) is 5.75 Å². The molecule has 0 bridgehead atoms. The van der Waals surface area contributed by atoms with Crippen LogP contribution in [0.15, 0.2) is 47.4 Å². The van der Waals surface area contributed by atoms with Crippen molar-refractivity contribution < 1.29 is 14.3 Å². The summed E-state index contributed by atoms with van der Waals surface area (Å²) in [5.74, 6) is -0.260. The summed E-state index contributed by atoms with van der Waals surface area (Å²) in [5.41, 5.74) is 3.48. The molecule has 3 rings (SSSR count). The molecule has 0 radical (unpaired) electrons. The minimum atomic E-state index is -0.557. The zero-order valence-electron chi connectivity index (χ0n) is 13.9. The number of carbonyl (C=O) groups is 2. The standard InChI is InChI=1S/C18H12Cl2N2O3S2/c1-25-12-5-2-10(3-6-12)8-15-17(24)22(18(26)27-15)21-16(23)13-7-4-11(19)9-14(13)20/h2-9H,1H3,(H,21,23). The maximum atomic E-state index is 12.6. The summed E-state index contributed by atoms with van der Waals surface area (Å²) in [4.78, 5) is 25.4. The molecule has 1 aliphatic rings. The van der Waals surface area contributed by atoms with Gasteiger partial charge in [0.25, 0.3) is 11.8 Å². The first kappa shape index (κ1) is 19.7. The molecule has 2 aromatic carbocycles. The Morgan fingerprint density at radius 2 is 1.93 bits per heavy atom. The Balaban J connectivity index is 1.77. The van der Waals surface area contributed by atoms with E-state index in [1.807, 2.05) is 12.1 Å². The minimum absolute atomic E-state index is 0.180. The summed E-state index contributed by atoms with van der Waals surface area (Å²) in [7, 11) is 1.58. The van der Waals surface area contributed by atoms with Gasteiger partial charge in [0.2, 0.25) is 0 Å². The molecular formula is C18H12Cl2N2O3S2. The summed E-state index contributed by atoms with van der Waals surface area (Å²) in [6.07, 6.45) is 1.69. The molecule has 27 heavy (non-hydrogen) atoms. The highest BCUT2D eigenvalue weighted by Gasteiger charge is 2.34. The van der Waals surface area contributed by atoms with Crippen molar-refractivity contribution in [1.29, 1.82) is 0 Å². The SMILES string of the molecule is COc1ccc(C=C2SC(=S)N(NC(=O)c3ccc(Cl)cc3Cl)C2=O)cc1. The van der Waals surface area contributed by atoms with Gasteiger partial charge < -0.3 is 4.74 Å². The molecule has 0 spiro atoms. The maximum absolute atomic E-state index is 12.6. The fourth-order valence-electron chi connectivity index (χ4n) is 2.25. The van der Waals surface area contributed by atoms with E-state index < -0.39 is 11.8 Å². The highest BCUT2D eigenvalue weighted by Crippen LogP contribution is 2.32. The average Bonchev–Trinajstić information content (AvgIpc) is 2.89. The molecule has 1 aliphatic heterocycles. The van der Waals surface area contributed by atoms with E-state index in [9.17, 15) is 9.59 Å². The predicted octanol–water partition coefficient (Wildman–Crippen LogP) is 4.55. The minimum Gasteiger partial charge on any atom is -0.497 e. The Kier molecular flexibility index (Phi) is 6.06. The highest BCUT2D eigenvalue weighted by molar-refractivity contribution is 8.26. The highest BCUT2D eigenvalue weighted by atomic mass is 35.5. The molecule has 0 unspecified atom stereocenters. The van der Waals surface area contributed by atoms with Gasteiger partial charge in [0.1, 0.15) is 5.75 Å². The van der Waals surface area contributed by atoms with Crippen LogP contribution < -0.4 is 10.2 Å². The van der Waals surface area contributed by atoms with E-state index in [4.69, 9.17) is 40.2 Å². The Morgan fingerprint density at radius 1 is 1.22 bits per heavy atom. The van der Waals surface area contributed by atoms with Crippen molar-refractivity contribution in [2.24, 2.45) is 0 Å². The van der Waals surface area contributed by atoms with Gasteiger partial charge in [0.15, 0.2) is 4.32 Å². The molecule has 0 saturated carbocycles. The Morgan fingerprint density at radius 3 is 2.56 bits per heavy atom. The number of hydrogen-bond donors (Lipinski definition) is 1. The molecule has 0 aromatic heterocycles. The molecule has 1 fully saturated rings. The number of thiocarbonyl (C=S) groups is 1. The van der Waals surface area contributed by atoms with Crippen molar-refractivity contribution >= 4 is 69.4 Å². The molecule has 1 heterocycles. The van der Waals surface area contributed by atoms with Crippen LogP contribution in [-0.2, 0) is 4.79 Å². The first-order chi connectivity index (χ1) is 12.9. The third-order valence-electron chi connectivity index (χ3n) is 3.60. The Hall–Kier alpha value is -2.06. The molecule has 0 aliphatic carbocycles. The zero-order chi connectivity index (χ0) is 19.6. The van der Waals surface area contributed by atoms with Gasteiger partial charge in [-0.1, -0.05) is 47.1 Å². The van der Waals surface area contributed by atoms with Crippen molar-refractivity contribution in [1.82, 2.24) is 10.4 Å². The van der Waals surface area contributed by atoms with Crippen molar-refractivity contribution in [2.75, 3.05) is 7.11 Å². The van der Waals surface area contributed by atoms with Gasteiger partial charge in [-0.05, 0) is 54.2 Å². The summed E-state index contributed by atoms with van der Waals surface area (Å²) in [6.45, 7) is 0. The number of halogens is 2. The number of methoxy groups -OCH3 is 1. The third kappa shape index (κ3) is 4.44. The van der Waals surface area contributed by atoms with E-state index in [0.29, 0.717) is 15.7 Å². The second-order valence-corrected chi connectivity index (χ2v) is 7.87. The van der Waals surface area contributed by atoms with Gasteiger partial charge in [0.05, 0.1) is 22.6 Å².